The van der Waals surface area contributed by atoms with Gasteiger partial charge in [0.1, 0.15) is 6.04 Å². The zero-order valence-corrected chi connectivity index (χ0v) is 20.2. The molecule has 2 atom stereocenters. The van der Waals surface area contributed by atoms with Gasteiger partial charge in [-0.1, -0.05) is 30.3 Å². The Morgan fingerprint density at radius 3 is 2.86 bits per heavy atom. The highest BCUT2D eigenvalue weighted by molar-refractivity contribution is 5.83. The Balaban J connectivity index is 1.48. The average molecular weight is 471 g/mol. The lowest BCUT2D eigenvalue weighted by molar-refractivity contribution is 0.0904. The first-order valence-corrected chi connectivity index (χ1v) is 12.4. The van der Waals surface area contributed by atoms with Gasteiger partial charge in [0.15, 0.2) is 5.82 Å². The molecule has 0 spiro atoms. The summed E-state index contributed by atoms with van der Waals surface area (Å²) in [6.45, 7) is 7.05. The summed E-state index contributed by atoms with van der Waals surface area (Å²) in [4.78, 5) is 19.0. The van der Waals surface area contributed by atoms with Gasteiger partial charge in [0.25, 0.3) is 5.56 Å². The Labute approximate surface area is 203 Å². The average Bonchev–Trinajstić information content (AvgIpc) is 3.53. The molecule has 1 saturated heterocycles. The van der Waals surface area contributed by atoms with Crippen LogP contribution < -0.4 is 5.56 Å². The predicted molar refractivity (Wildman–Crippen MR) is 133 cm³/mol. The van der Waals surface area contributed by atoms with Crippen molar-refractivity contribution >= 4 is 10.9 Å². The molecule has 35 heavy (non-hydrogen) atoms. The van der Waals surface area contributed by atoms with E-state index in [9.17, 15) is 4.79 Å². The van der Waals surface area contributed by atoms with Crippen molar-refractivity contribution in [2.45, 2.75) is 58.3 Å². The molecular weight excluding hydrogens is 440 g/mol. The van der Waals surface area contributed by atoms with Gasteiger partial charge in [0, 0.05) is 36.2 Å². The van der Waals surface area contributed by atoms with E-state index >= 15 is 0 Å². The Morgan fingerprint density at radius 2 is 2.03 bits per heavy atom. The minimum atomic E-state index is -0.367. The van der Waals surface area contributed by atoms with Gasteiger partial charge in [-0.25, -0.2) is 4.68 Å². The number of hydrogen-bond donors (Lipinski definition) is 1. The Kier molecular flexibility index (Phi) is 5.70. The first kappa shape index (κ1) is 22.1. The van der Waals surface area contributed by atoms with Crippen molar-refractivity contribution in [1.29, 1.82) is 0 Å². The third-order valence-corrected chi connectivity index (χ3v) is 7.37. The summed E-state index contributed by atoms with van der Waals surface area (Å²) in [5, 5.41) is 13.9. The third kappa shape index (κ3) is 4.17. The fraction of sp³-hybridized carbons (Fsp3) is 0.407. The number of nitrogens with zero attached hydrogens (tertiary/aromatic N) is 5. The molecular formula is C27H30N6O2. The van der Waals surface area contributed by atoms with Gasteiger partial charge < -0.3 is 9.72 Å². The van der Waals surface area contributed by atoms with Crippen LogP contribution >= 0.6 is 0 Å². The van der Waals surface area contributed by atoms with E-state index in [0.717, 1.165) is 61.0 Å². The van der Waals surface area contributed by atoms with E-state index in [2.05, 4.69) is 62.7 Å². The quantitative estimate of drug-likeness (QED) is 0.481. The minimum Gasteiger partial charge on any atom is -0.376 e. The maximum absolute atomic E-state index is 13.6. The number of pyridine rings is 1. The van der Waals surface area contributed by atoms with Crippen molar-refractivity contribution < 1.29 is 4.74 Å². The van der Waals surface area contributed by atoms with Gasteiger partial charge >= 0.3 is 0 Å². The smallest absolute Gasteiger partial charge is 0.253 e. The predicted octanol–water partition coefficient (Wildman–Crippen LogP) is 3.46. The van der Waals surface area contributed by atoms with E-state index in [-0.39, 0.29) is 17.7 Å². The molecule has 6 rings (SSSR count). The molecule has 0 amide bonds. The molecule has 1 fully saturated rings. The van der Waals surface area contributed by atoms with Crippen LogP contribution in [0.1, 0.15) is 52.5 Å². The van der Waals surface area contributed by atoms with Crippen molar-refractivity contribution in [3.05, 3.63) is 86.5 Å². The number of tetrazole rings is 1. The number of aromatic nitrogens is 5. The SMILES string of the molecule is Cc1cc(C)c2cc([C@H](c3nnnn3C[C@@H]3CCCO3)N3CCc4ccccc4C3)c(=O)[nH]c2c1. The third-order valence-electron chi connectivity index (χ3n) is 7.37. The highest BCUT2D eigenvalue weighted by atomic mass is 16.5. The Hall–Kier alpha value is -3.36. The zero-order valence-electron chi connectivity index (χ0n) is 20.2. The van der Waals surface area contributed by atoms with Crippen LogP contribution in [0.5, 0.6) is 0 Å². The number of aromatic amines is 1. The number of aryl methyl sites for hydroxylation is 2. The molecule has 8 nitrogen and oxygen atoms in total. The molecule has 2 aliphatic heterocycles. The van der Waals surface area contributed by atoms with Crippen molar-refractivity contribution in [2.75, 3.05) is 13.2 Å². The Morgan fingerprint density at radius 1 is 1.17 bits per heavy atom. The van der Waals surface area contributed by atoms with Crippen LogP contribution in [-0.4, -0.2) is 49.3 Å². The van der Waals surface area contributed by atoms with Gasteiger partial charge in [-0.15, -0.1) is 5.10 Å². The van der Waals surface area contributed by atoms with E-state index in [1.54, 1.807) is 0 Å². The minimum absolute atomic E-state index is 0.0973. The lowest BCUT2D eigenvalue weighted by atomic mass is 9.95. The molecule has 8 heteroatoms. The number of benzene rings is 2. The van der Waals surface area contributed by atoms with Gasteiger partial charge in [-0.2, -0.15) is 0 Å². The molecule has 0 unspecified atom stereocenters. The second-order valence-corrected chi connectivity index (χ2v) is 9.84. The molecule has 2 aromatic carbocycles. The second-order valence-electron chi connectivity index (χ2n) is 9.84. The maximum Gasteiger partial charge on any atom is 0.253 e. The van der Waals surface area contributed by atoms with Gasteiger partial charge in [0.2, 0.25) is 0 Å². The van der Waals surface area contributed by atoms with Crippen molar-refractivity contribution in [3.63, 3.8) is 0 Å². The van der Waals surface area contributed by atoms with E-state index in [4.69, 9.17) is 4.74 Å². The first-order valence-electron chi connectivity index (χ1n) is 12.4. The molecule has 0 aliphatic carbocycles. The maximum atomic E-state index is 13.6. The molecule has 0 saturated carbocycles. The molecule has 0 radical (unpaired) electrons. The number of H-pyrrole nitrogens is 1. The highest BCUT2D eigenvalue weighted by Gasteiger charge is 2.33. The first-order chi connectivity index (χ1) is 17.1. The lowest BCUT2D eigenvalue weighted by Gasteiger charge is -2.35. The van der Waals surface area contributed by atoms with Crippen molar-refractivity contribution in [1.82, 2.24) is 30.1 Å². The summed E-state index contributed by atoms with van der Waals surface area (Å²) in [6.07, 6.45) is 3.07. The number of rotatable bonds is 5. The zero-order chi connectivity index (χ0) is 23.9. The normalized spacial score (nSPS) is 19.2. The lowest BCUT2D eigenvalue weighted by Crippen LogP contribution is -2.39. The van der Waals surface area contributed by atoms with Gasteiger partial charge in [-0.3, -0.25) is 9.69 Å². The highest BCUT2D eigenvalue weighted by Crippen LogP contribution is 2.32. The molecule has 4 aromatic rings. The number of ether oxygens (including phenoxy) is 1. The monoisotopic (exact) mass is 470 g/mol. The molecule has 2 aromatic heterocycles. The summed E-state index contributed by atoms with van der Waals surface area (Å²) in [5.41, 5.74) is 6.34. The van der Waals surface area contributed by atoms with Gasteiger partial charge in [0.05, 0.1) is 12.6 Å². The van der Waals surface area contributed by atoms with Crippen molar-refractivity contribution in [2.24, 2.45) is 0 Å². The summed E-state index contributed by atoms with van der Waals surface area (Å²) >= 11 is 0. The fourth-order valence-electron chi connectivity index (χ4n) is 5.65. The van der Waals surface area contributed by atoms with Crippen LogP contribution in [0, 0.1) is 13.8 Å². The van der Waals surface area contributed by atoms with E-state index in [0.29, 0.717) is 17.9 Å². The van der Waals surface area contributed by atoms with Gasteiger partial charge in [-0.05, 0) is 77.9 Å². The van der Waals surface area contributed by atoms with Crippen molar-refractivity contribution in [3.8, 4) is 0 Å². The van der Waals surface area contributed by atoms with Crippen LogP contribution in [0.2, 0.25) is 0 Å². The van der Waals surface area contributed by atoms with Crippen LogP contribution in [0.15, 0.2) is 47.3 Å². The summed E-state index contributed by atoms with van der Waals surface area (Å²) in [6, 6.07) is 14.4. The molecule has 180 valence electrons. The molecule has 4 heterocycles. The standard InChI is InChI=1S/C27H30N6O2/c1-17-12-18(2)22-14-23(27(34)28-24(22)13-17)25(32-10-9-19-6-3-4-7-20(19)15-32)26-29-30-31-33(26)16-21-8-5-11-35-21/h3-4,6-7,12-14,21,25H,5,8-11,15-16H2,1-2H3,(H,28,34)/t21-,25+/m0/s1. The fourth-order valence-corrected chi connectivity index (χ4v) is 5.65. The van der Waals surface area contributed by atoms with Crippen LogP contribution in [0.3, 0.4) is 0 Å². The molecule has 0 bridgehead atoms. The summed E-state index contributed by atoms with van der Waals surface area (Å²) in [7, 11) is 0. The summed E-state index contributed by atoms with van der Waals surface area (Å²) < 4.78 is 7.71. The Bertz CT molecular complexity index is 1440. The number of hydrogen-bond acceptors (Lipinski definition) is 6. The number of nitrogens with one attached hydrogen (secondary N) is 1. The van der Waals surface area contributed by atoms with E-state index in [1.807, 2.05) is 23.7 Å². The van der Waals surface area contributed by atoms with E-state index in [1.165, 1.54) is 11.1 Å². The van der Waals surface area contributed by atoms with E-state index < -0.39 is 0 Å². The summed E-state index contributed by atoms with van der Waals surface area (Å²) in [5.74, 6) is 0.689. The van der Waals surface area contributed by atoms with Crippen LogP contribution in [-0.2, 0) is 24.2 Å². The molecule has 2 aliphatic rings. The second kappa shape index (κ2) is 9.02. The van der Waals surface area contributed by atoms with Crippen LogP contribution in [0.4, 0.5) is 0 Å². The topological polar surface area (TPSA) is 88.9 Å². The largest absolute Gasteiger partial charge is 0.376 e. The molecule has 1 N–H and O–H groups in total. The van der Waals surface area contributed by atoms with Crippen LogP contribution in [0.25, 0.3) is 10.9 Å². The number of fused-ring (bicyclic) bond motifs is 2.